The monoisotopic (exact) mass is 396 g/mol. The zero-order chi connectivity index (χ0) is 20.9. The van der Waals surface area contributed by atoms with Crippen LogP contribution >= 0.6 is 0 Å². The van der Waals surface area contributed by atoms with Crippen LogP contribution in [0.4, 0.5) is 9.18 Å². The van der Waals surface area contributed by atoms with Crippen molar-refractivity contribution in [2.75, 3.05) is 13.2 Å². The Morgan fingerprint density at radius 2 is 1.70 bits per heavy atom. The van der Waals surface area contributed by atoms with Crippen LogP contribution in [0.25, 0.3) is 11.1 Å². The van der Waals surface area contributed by atoms with E-state index in [1.165, 1.54) is 18.2 Å². The summed E-state index contributed by atoms with van der Waals surface area (Å²) >= 11 is 0. The van der Waals surface area contributed by atoms with Gasteiger partial charge in [0.05, 0.1) is 23.7 Å². The first-order chi connectivity index (χ1) is 14.7. The number of hydrogen-bond acceptors (Lipinski definition) is 3. The van der Waals surface area contributed by atoms with Crippen LogP contribution in [-0.2, 0) is 4.74 Å². The number of nitrogens with zero attached hydrogens (tertiary/aromatic N) is 1. The molecule has 0 saturated carbocycles. The highest BCUT2D eigenvalue weighted by molar-refractivity contribution is 5.79. The Balaban J connectivity index is 1.36. The van der Waals surface area contributed by atoms with Gasteiger partial charge in [-0.25, -0.2) is 9.18 Å². The Morgan fingerprint density at radius 1 is 1.03 bits per heavy atom. The van der Waals surface area contributed by atoms with Gasteiger partial charge in [-0.1, -0.05) is 60.4 Å². The molecule has 3 aromatic rings. The minimum absolute atomic E-state index is 0.00684. The summed E-state index contributed by atoms with van der Waals surface area (Å²) in [5, 5.41) is 11.4. The second-order valence-electron chi connectivity index (χ2n) is 6.79. The molecular formula is C25H17FN2O2. The van der Waals surface area contributed by atoms with Crippen molar-refractivity contribution in [2.24, 2.45) is 0 Å². The van der Waals surface area contributed by atoms with Crippen LogP contribution in [-0.4, -0.2) is 19.2 Å². The minimum Gasteiger partial charge on any atom is -0.449 e. The first-order valence-electron chi connectivity index (χ1n) is 9.44. The molecule has 1 N–H and O–H groups in total. The number of fused-ring (bicyclic) bond motifs is 3. The number of carbonyl (C=O) groups is 1. The van der Waals surface area contributed by atoms with Gasteiger partial charge in [-0.05, 0) is 40.5 Å². The van der Waals surface area contributed by atoms with Crippen molar-refractivity contribution in [3.05, 3.63) is 94.8 Å². The molecule has 1 amide bonds. The van der Waals surface area contributed by atoms with Crippen LogP contribution in [0.3, 0.4) is 0 Å². The Bertz CT molecular complexity index is 1170. The van der Waals surface area contributed by atoms with Gasteiger partial charge in [-0.3, -0.25) is 0 Å². The number of alkyl carbamates (subject to hydrolysis) is 1. The van der Waals surface area contributed by atoms with Crippen molar-refractivity contribution in [2.45, 2.75) is 5.92 Å². The summed E-state index contributed by atoms with van der Waals surface area (Å²) in [6, 6.07) is 22.1. The summed E-state index contributed by atoms with van der Waals surface area (Å²) in [5.74, 6) is 4.76. The van der Waals surface area contributed by atoms with Gasteiger partial charge in [0.15, 0.2) is 0 Å². The number of ether oxygens (including phenoxy) is 1. The van der Waals surface area contributed by atoms with E-state index in [0.29, 0.717) is 5.56 Å². The maximum Gasteiger partial charge on any atom is 0.407 e. The summed E-state index contributed by atoms with van der Waals surface area (Å²) < 4.78 is 19.1. The van der Waals surface area contributed by atoms with Crippen LogP contribution in [0.1, 0.15) is 28.2 Å². The molecule has 4 nitrogen and oxygen atoms in total. The highest BCUT2D eigenvalue weighted by Crippen LogP contribution is 2.44. The first-order valence-corrected chi connectivity index (χ1v) is 9.44. The molecule has 0 spiro atoms. The van der Waals surface area contributed by atoms with Crippen molar-refractivity contribution >= 4 is 6.09 Å². The maximum absolute atomic E-state index is 13.7. The Hall–Kier alpha value is -4.09. The average Bonchev–Trinajstić information content (AvgIpc) is 3.10. The van der Waals surface area contributed by atoms with Crippen molar-refractivity contribution in [1.29, 1.82) is 5.26 Å². The molecule has 0 aliphatic heterocycles. The van der Waals surface area contributed by atoms with E-state index < -0.39 is 11.9 Å². The highest BCUT2D eigenvalue weighted by Gasteiger charge is 2.28. The van der Waals surface area contributed by atoms with E-state index in [-0.39, 0.29) is 24.6 Å². The normalized spacial score (nSPS) is 11.5. The van der Waals surface area contributed by atoms with Gasteiger partial charge in [0.25, 0.3) is 0 Å². The Kier molecular flexibility index (Phi) is 5.46. The van der Waals surface area contributed by atoms with Gasteiger partial charge in [-0.2, -0.15) is 5.26 Å². The van der Waals surface area contributed by atoms with E-state index in [1.54, 1.807) is 0 Å². The lowest BCUT2D eigenvalue weighted by Gasteiger charge is -2.14. The Morgan fingerprint density at radius 3 is 2.37 bits per heavy atom. The van der Waals surface area contributed by atoms with E-state index in [1.807, 2.05) is 30.3 Å². The van der Waals surface area contributed by atoms with Crippen LogP contribution in [0.2, 0.25) is 0 Å². The van der Waals surface area contributed by atoms with E-state index >= 15 is 0 Å². The maximum atomic E-state index is 13.7. The fourth-order valence-electron chi connectivity index (χ4n) is 3.60. The van der Waals surface area contributed by atoms with Crippen LogP contribution in [0.15, 0.2) is 66.7 Å². The molecule has 0 fully saturated rings. The summed E-state index contributed by atoms with van der Waals surface area (Å²) in [7, 11) is 0. The summed E-state index contributed by atoms with van der Waals surface area (Å²) in [4.78, 5) is 12.1. The SMILES string of the molecule is N#Cc1ccc(F)c(C#CCNC(=O)OCC2c3ccccc3-c3ccccc32)c1. The highest BCUT2D eigenvalue weighted by atomic mass is 19.1. The number of carbonyl (C=O) groups excluding carboxylic acids is 1. The molecule has 146 valence electrons. The molecule has 5 heteroatoms. The fraction of sp³-hybridized carbons (Fsp3) is 0.120. The average molecular weight is 396 g/mol. The molecular weight excluding hydrogens is 379 g/mol. The van der Waals surface area contributed by atoms with Gasteiger partial charge in [0.1, 0.15) is 12.4 Å². The third-order valence-corrected chi connectivity index (χ3v) is 4.98. The predicted molar refractivity (Wildman–Crippen MR) is 111 cm³/mol. The van der Waals surface area contributed by atoms with Crippen molar-refractivity contribution in [3.63, 3.8) is 0 Å². The van der Waals surface area contributed by atoms with Gasteiger partial charge in [-0.15, -0.1) is 0 Å². The van der Waals surface area contributed by atoms with E-state index in [2.05, 4.69) is 41.4 Å². The molecule has 0 aromatic heterocycles. The lowest BCUT2D eigenvalue weighted by molar-refractivity contribution is 0.144. The molecule has 0 unspecified atom stereocenters. The number of halogens is 1. The predicted octanol–water partition coefficient (Wildman–Crippen LogP) is 4.59. The third kappa shape index (κ3) is 3.87. The second kappa shape index (κ2) is 8.51. The largest absolute Gasteiger partial charge is 0.449 e. The molecule has 0 bridgehead atoms. The molecule has 1 aliphatic rings. The van der Waals surface area contributed by atoms with Crippen molar-refractivity contribution < 1.29 is 13.9 Å². The zero-order valence-corrected chi connectivity index (χ0v) is 16.0. The molecule has 3 aromatic carbocycles. The number of nitriles is 1. The van der Waals surface area contributed by atoms with Crippen LogP contribution in [0, 0.1) is 29.0 Å². The summed E-state index contributed by atoms with van der Waals surface area (Å²) in [6.45, 7) is 0.221. The smallest absolute Gasteiger partial charge is 0.407 e. The number of rotatable bonds is 3. The second-order valence-corrected chi connectivity index (χ2v) is 6.79. The van der Waals surface area contributed by atoms with Gasteiger partial charge < -0.3 is 10.1 Å². The van der Waals surface area contributed by atoms with Crippen LogP contribution in [0.5, 0.6) is 0 Å². The van der Waals surface area contributed by atoms with Gasteiger partial charge in [0.2, 0.25) is 0 Å². The number of benzene rings is 3. The van der Waals surface area contributed by atoms with E-state index in [0.717, 1.165) is 22.3 Å². The zero-order valence-electron chi connectivity index (χ0n) is 16.0. The Labute approximate surface area is 173 Å². The third-order valence-electron chi connectivity index (χ3n) is 4.98. The number of amides is 1. The van der Waals surface area contributed by atoms with E-state index in [9.17, 15) is 9.18 Å². The summed E-state index contributed by atoms with van der Waals surface area (Å²) in [6.07, 6.45) is -0.586. The topological polar surface area (TPSA) is 62.1 Å². The summed E-state index contributed by atoms with van der Waals surface area (Å²) in [5.41, 5.74) is 5.04. The van der Waals surface area contributed by atoms with Crippen LogP contribution < -0.4 is 5.32 Å². The number of hydrogen-bond donors (Lipinski definition) is 1. The van der Waals surface area contributed by atoms with Crippen molar-refractivity contribution in [1.82, 2.24) is 5.32 Å². The van der Waals surface area contributed by atoms with E-state index in [4.69, 9.17) is 10.00 Å². The minimum atomic E-state index is -0.586. The standard InChI is InChI=1S/C25H17FN2O2/c26-24-12-11-17(15-27)14-18(24)6-5-13-28-25(29)30-16-23-21-9-3-1-7-19(21)20-8-2-4-10-22(20)23/h1-4,7-12,14,23H,13,16H2,(H,28,29). The first kappa shape index (κ1) is 19.2. The molecule has 1 aliphatic carbocycles. The fourth-order valence-corrected chi connectivity index (χ4v) is 3.60. The lowest BCUT2D eigenvalue weighted by atomic mass is 9.98. The molecule has 0 radical (unpaired) electrons. The van der Waals surface area contributed by atoms with Gasteiger partial charge in [0, 0.05) is 5.92 Å². The number of nitrogens with one attached hydrogen (secondary N) is 1. The molecule has 30 heavy (non-hydrogen) atoms. The molecule has 0 heterocycles. The molecule has 0 atom stereocenters. The lowest BCUT2D eigenvalue weighted by Crippen LogP contribution is -2.26. The van der Waals surface area contributed by atoms with Gasteiger partial charge >= 0.3 is 6.09 Å². The van der Waals surface area contributed by atoms with Crippen molar-refractivity contribution in [3.8, 4) is 29.0 Å². The molecule has 0 saturated heterocycles. The quantitative estimate of drug-likeness (QED) is 0.659. The molecule has 4 rings (SSSR count).